The average Bonchev–Trinajstić information content (AvgIpc) is 2.75. The number of amides is 1. The maximum atomic E-state index is 12.3. The zero-order valence-electron chi connectivity index (χ0n) is 17.0. The van der Waals surface area contributed by atoms with Crippen LogP contribution in [0.5, 0.6) is 0 Å². The molecular weight excluding hydrogens is 358 g/mol. The zero-order valence-corrected chi connectivity index (χ0v) is 17.0. The number of fused-ring (bicyclic) bond motifs is 1. The fourth-order valence-corrected chi connectivity index (χ4v) is 4.50. The number of carbonyl (C=O) groups excluding carboxylic acids is 1. The van der Waals surface area contributed by atoms with Crippen LogP contribution in [0.2, 0.25) is 0 Å². The van der Waals surface area contributed by atoms with Crippen molar-refractivity contribution in [1.82, 2.24) is 4.90 Å². The van der Waals surface area contributed by atoms with Gasteiger partial charge in [-0.25, -0.2) is 0 Å². The number of benzene rings is 3. The van der Waals surface area contributed by atoms with Crippen LogP contribution in [-0.4, -0.2) is 35.5 Å². The van der Waals surface area contributed by atoms with Gasteiger partial charge in [-0.15, -0.1) is 0 Å². The Morgan fingerprint density at radius 1 is 1.00 bits per heavy atom. The van der Waals surface area contributed by atoms with Crippen molar-refractivity contribution < 1.29 is 4.79 Å². The van der Waals surface area contributed by atoms with Gasteiger partial charge in [-0.05, 0) is 54.7 Å². The van der Waals surface area contributed by atoms with E-state index in [-0.39, 0.29) is 5.91 Å². The number of piperidine rings is 1. The van der Waals surface area contributed by atoms with E-state index in [0.717, 1.165) is 38.0 Å². The predicted molar refractivity (Wildman–Crippen MR) is 120 cm³/mol. The Morgan fingerprint density at radius 3 is 2.38 bits per heavy atom. The molecule has 3 N–H and O–H groups in total. The summed E-state index contributed by atoms with van der Waals surface area (Å²) in [6.07, 6.45) is 2.44. The third-order valence-electron chi connectivity index (χ3n) is 6.30. The monoisotopic (exact) mass is 387 g/mol. The van der Waals surface area contributed by atoms with Crippen molar-refractivity contribution in [2.45, 2.75) is 37.8 Å². The quantitative estimate of drug-likeness (QED) is 0.666. The molecule has 1 heterocycles. The van der Waals surface area contributed by atoms with Crippen LogP contribution < -0.4 is 11.1 Å². The summed E-state index contributed by atoms with van der Waals surface area (Å²) in [4.78, 5) is 14.8. The molecule has 0 aromatic heterocycles. The lowest BCUT2D eigenvalue weighted by molar-refractivity contribution is -0.124. The Hall–Kier alpha value is -2.85. The summed E-state index contributed by atoms with van der Waals surface area (Å²) in [6, 6.07) is 25.4. The van der Waals surface area contributed by atoms with Crippen LogP contribution in [0.15, 0.2) is 72.8 Å². The second kappa shape index (κ2) is 8.26. The molecule has 29 heavy (non-hydrogen) atoms. The highest BCUT2D eigenvalue weighted by atomic mass is 16.1. The van der Waals surface area contributed by atoms with Gasteiger partial charge < -0.3 is 16.0 Å². The molecule has 4 heteroatoms. The molecule has 1 saturated heterocycles. The first-order valence-electron chi connectivity index (χ1n) is 10.4. The normalized spacial score (nSPS) is 17.7. The Kier molecular flexibility index (Phi) is 5.54. The van der Waals surface area contributed by atoms with Gasteiger partial charge in [0.25, 0.3) is 0 Å². The Bertz CT molecular complexity index is 972. The van der Waals surface area contributed by atoms with E-state index >= 15 is 0 Å². The van der Waals surface area contributed by atoms with Crippen LogP contribution in [0.3, 0.4) is 0 Å². The van der Waals surface area contributed by atoms with Crippen LogP contribution in [0.1, 0.15) is 25.3 Å². The molecule has 1 unspecified atom stereocenters. The molecule has 1 aliphatic rings. The lowest BCUT2D eigenvalue weighted by Crippen LogP contribution is -2.58. The molecule has 150 valence electrons. The van der Waals surface area contributed by atoms with E-state index in [9.17, 15) is 4.79 Å². The van der Waals surface area contributed by atoms with Gasteiger partial charge in [-0.2, -0.15) is 0 Å². The predicted octanol–water partition coefficient (Wildman–Crippen LogP) is 4.20. The SMILES string of the molecule is CC(Cc1cccc2ccccc12)N1CCC(Nc2ccccc2)(C(N)=O)CC1. The summed E-state index contributed by atoms with van der Waals surface area (Å²) in [5.41, 5.74) is 7.49. The largest absolute Gasteiger partial charge is 0.371 e. The molecular formula is C25H29N3O. The van der Waals surface area contributed by atoms with Crippen molar-refractivity contribution in [3.8, 4) is 0 Å². The van der Waals surface area contributed by atoms with Crippen molar-refractivity contribution in [3.63, 3.8) is 0 Å². The van der Waals surface area contributed by atoms with Crippen molar-refractivity contribution in [1.29, 1.82) is 0 Å². The summed E-state index contributed by atoms with van der Waals surface area (Å²) >= 11 is 0. The van der Waals surface area contributed by atoms with Crippen molar-refractivity contribution in [2.24, 2.45) is 5.73 Å². The highest BCUT2D eigenvalue weighted by molar-refractivity contribution is 5.88. The van der Waals surface area contributed by atoms with Crippen LogP contribution >= 0.6 is 0 Å². The molecule has 0 aliphatic carbocycles. The summed E-state index contributed by atoms with van der Waals surface area (Å²) in [5.74, 6) is -0.261. The average molecular weight is 388 g/mol. The summed E-state index contributed by atoms with van der Waals surface area (Å²) in [5, 5.41) is 6.04. The fourth-order valence-electron chi connectivity index (χ4n) is 4.50. The van der Waals surface area contributed by atoms with Gasteiger partial charge in [0.1, 0.15) is 5.54 Å². The molecule has 1 fully saturated rings. The molecule has 3 aromatic carbocycles. The van der Waals surface area contributed by atoms with E-state index in [1.54, 1.807) is 0 Å². The van der Waals surface area contributed by atoms with Gasteiger partial charge in [0, 0.05) is 24.8 Å². The molecule has 4 rings (SSSR count). The number of hydrogen-bond acceptors (Lipinski definition) is 3. The fraction of sp³-hybridized carbons (Fsp3) is 0.320. The minimum Gasteiger partial charge on any atom is -0.371 e. The third-order valence-corrected chi connectivity index (χ3v) is 6.30. The maximum Gasteiger partial charge on any atom is 0.243 e. The van der Waals surface area contributed by atoms with Crippen LogP contribution in [0.25, 0.3) is 10.8 Å². The maximum absolute atomic E-state index is 12.3. The number of nitrogens with one attached hydrogen (secondary N) is 1. The van der Waals surface area contributed by atoms with Crippen molar-refractivity contribution in [2.75, 3.05) is 18.4 Å². The lowest BCUT2D eigenvalue weighted by atomic mass is 9.85. The number of rotatable bonds is 6. The third kappa shape index (κ3) is 4.13. The van der Waals surface area contributed by atoms with E-state index in [0.29, 0.717) is 6.04 Å². The van der Waals surface area contributed by atoms with Gasteiger partial charge in [0.15, 0.2) is 0 Å². The van der Waals surface area contributed by atoms with Gasteiger partial charge >= 0.3 is 0 Å². The van der Waals surface area contributed by atoms with Gasteiger partial charge in [0.05, 0.1) is 0 Å². The minimum absolute atomic E-state index is 0.261. The number of anilines is 1. The number of primary amides is 1. The first kappa shape index (κ1) is 19.5. The number of para-hydroxylation sites is 1. The van der Waals surface area contributed by atoms with Crippen molar-refractivity contribution in [3.05, 3.63) is 78.4 Å². The number of nitrogens with two attached hydrogens (primary N) is 1. The smallest absolute Gasteiger partial charge is 0.243 e. The van der Waals surface area contributed by atoms with Crippen LogP contribution in [0, 0.1) is 0 Å². The first-order chi connectivity index (χ1) is 14.1. The van der Waals surface area contributed by atoms with Crippen LogP contribution in [0.4, 0.5) is 5.69 Å². The Labute approximate surface area is 172 Å². The molecule has 0 radical (unpaired) electrons. The van der Waals surface area contributed by atoms with E-state index < -0.39 is 5.54 Å². The number of likely N-dealkylation sites (tertiary alicyclic amines) is 1. The van der Waals surface area contributed by atoms with E-state index in [2.05, 4.69) is 59.6 Å². The minimum atomic E-state index is -0.670. The standard InChI is InChI=1S/C25H29N3O/c1-19(18-21-10-7-9-20-8-5-6-13-23(20)21)28-16-14-25(15-17-28,24(26)29)27-22-11-3-2-4-12-22/h2-13,19,27H,14-18H2,1H3,(H2,26,29). The summed E-state index contributed by atoms with van der Waals surface area (Å²) < 4.78 is 0. The second-order valence-corrected chi connectivity index (χ2v) is 8.16. The molecule has 0 saturated carbocycles. The van der Waals surface area contributed by atoms with Gasteiger partial charge in [0.2, 0.25) is 5.91 Å². The molecule has 0 spiro atoms. The molecule has 1 aliphatic heterocycles. The Morgan fingerprint density at radius 2 is 1.66 bits per heavy atom. The van der Waals surface area contributed by atoms with Crippen molar-refractivity contribution >= 4 is 22.4 Å². The molecule has 0 bridgehead atoms. The number of nitrogens with zero attached hydrogens (tertiary/aromatic N) is 1. The van der Waals surface area contributed by atoms with Crippen LogP contribution in [-0.2, 0) is 11.2 Å². The van der Waals surface area contributed by atoms with E-state index in [1.807, 2.05) is 30.3 Å². The number of hydrogen-bond donors (Lipinski definition) is 2. The van der Waals surface area contributed by atoms with Gasteiger partial charge in [-0.1, -0.05) is 60.7 Å². The Balaban J connectivity index is 1.44. The zero-order chi connectivity index (χ0) is 20.3. The second-order valence-electron chi connectivity index (χ2n) is 8.16. The lowest BCUT2D eigenvalue weighted by Gasteiger charge is -2.43. The number of carbonyl (C=O) groups is 1. The van der Waals surface area contributed by atoms with Gasteiger partial charge in [-0.3, -0.25) is 4.79 Å². The van der Waals surface area contributed by atoms with E-state index in [1.165, 1.54) is 16.3 Å². The summed E-state index contributed by atoms with van der Waals surface area (Å²) in [6.45, 7) is 3.99. The van der Waals surface area contributed by atoms with E-state index in [4.69, 9.17) is 5.73 Å². The molecule has 3 aromatic rings. The highest BCUT2D eigenvalue weighted by Gasteiger charge is 2.40. The first-order valence-corrected chi connectivity index (χ1v) is 10.4. The topological polar surface area (TPSA) is 58.4 Å². The molecule has 4 nitrogen and oxygen atoms in total. The molecule has 1 amide bonds. The molecule has 1 atom stereocenters. The highest BCUT2D eigenvalue weighted by Crippen LogP contribution is 2.29. The summed E-state index contributed by atoms with van der Waals surface area (Å²) in [7, 11) is 0.